The Morgan fingerprint density at radius 3 is 2.65 bits per heavy atom. The van der Waals surface area contributed by atoms with Crippen LogP contribution in [0.5, 0.6) is 0 Å². The van der Waals surface area contributed by atoms with Crippen molar-refractivity contribution in [3.8, 4) is 0 Å². The first-order valence-electron chi connectivity index (χ1n) is 6.53. The lowest BCUT2D eigenvalue weighted by Gasteiger charge is -2.17. The third-order valence-electron chi connectivity index (χ3n) is 3.58. The van der Waals surface area contributed by atoms with Crippen LogP contribution in [0.2, 0.25) is 0 Å². The summed E-state index contributed by atoms with van der Waals surface area (Å²) in [5.74, 6) is 0. The van der Waals surface area contributed by atoms with Crippen LogP contribution in [0.1, 0.15) is 48.5 Å². The molecular formula is C15H22O2. The van der Waals surface area contributed by atoms with Crippen molar-refractivity contribution in [1.82, 2.24) is 0 Å². The quantitative estimate of drug-likeness (QED) is 0.866. The third kappa shape index (κ3) is 3.30. The van der Waals surface area contributed by atoms with Gasteiger partial charge in [0.05, 0.1) is 12.7 Å². The van der Waals surface area contributed by atoms with Gasteiger partial charge in [0.25, 0.3) is 0 Å². The fraction of sp³-hybridized carbons (Fsp3) is 0.600. The number of aliphatic hydroxyl groups is 1. The fourth-order valence-electron chi connectivity index (χ4n) is 2.57. The molecule has 0 bridgehead atoms. The summed E-state index contributed by atoms with van der Waals surface area (Å²) in [6.45, 7) is 4.54. The normalized spacial score (nSPS) is 18.5. The number of rotatable bonds is 4. The highest BCUT2D eigenvalue weighted by atomic mass is 16.5. The minimum absolute atomic E-state index is 0.371. The first-order chi connectivity index (χ1) is 8.16. The topological polar surface area (TPSA) is 29.5 Å². The van der Waals surface area contributed by atoms with Crippen molar-refractivity contribution in [1.29, 1.82) is 0 Å². The van der Waals surface area contributed by atoms with Gasteiger partial charge in [0.15, 0.2) is 0 Å². The molecule has 0 aromatic heterocycles. The maximum absolute atomic E-state index is 10.1. The molecule has 1 saturated carbocycles. The Bertz CT molecular complexity index is 367. The number of aliphatic hydroxyl groups excluding tert-OH is 1. The molecule has 1 unspecified atom stereocenters. The summed E-state index contributed by atoms with van der Waals surface area (Å²) < 4.78 is 5.75. The zero-order valence-electron chi connectivity index (χ0n) is 10.8. The van der Waals surface area contributed by atoms with Crippen LogP contribution in [-0.2, 0) is 4.74 Å². The number of hydrogen-bond acceptors (Lipinski definition) is 2. The van der Waals surface area contributed by atoms with E-state index in [0.717, 1.165) is 24.0 Å². The van der Waals surface area contributed by atoms with E-state index in [1.807, 2.05) is 19.1 Å². The molecule has 1 aromatic rings. The maximum Gasteiger partial charge on any atom is 0.103 e. The van der Waals surface area contributed by atoms with Gasteiger partial charge in [-0.2, -0.15) is 0 Å². The Morgan fingerprint density at radius 1 is 1.29 bits per heavy atom. The molecule has 2 heteroatoms. The monoisotopic (exact) mass is 234 g/mol. The van der Waals surface area contributed by atoms with Gasteiger partial charge in [0.1, 0.15) is 6.10 Å². The van der Waals surface area contributed by atoms with Crippen LogP contribution in [0.4, 0.5) is 0 Å². The Balaban J connectivity index is 1.91. The molecule has 1 aliphatic rings. The lowest BCUT2D eigenvalue weighted by molar-refractivity contribution is -0.00720. The molecule has 2 rings (SSSR count). The molecule has 94 valence electrons. The summed E-state index contributed by atoms with van der Waals surface area (Å²) >= 11 is 0. The fourth-order valence-corrected chi connectivity index (χ4v) is 2.57. The van der Waals surface area contributed by atoms with E-state index in [4.69, 9.17) is 4.74 Å². The highest BCUT2D eigenvalue weighted by molar-refractivity contribution is 5.31. The summed E-state index contributed by atoms with van der Waals surface area (Å²) in [4.78, 5) is 0. The summed E-state index contributed by atoms with van der Waals surface area (Å²) in [6, 6.07) is 6.16. The van der Waals surface area contributed by atoms with Crippen LogP contribution >= 0.6 is 0 Å². The smallest absolute Gasteiger partial charge is 0.103 e. The van der Waals surface area contributed by atoms with Gasteiger partial charge in [-0.15, -0.1) is 0 Å². The van der Waals surface area contributed by atoms with Gasteiger partial charge in [-0.1, -0.05) is 36.6 Å². The van der Waals surface area contributed by atoms with E-state index >= 15 is 0 Å². The lowest BCUT2D eigenvalue weighted by atomic mass is 10.0. The first-order valence-corrected chi connectivity index (χ1v) is 6.53. The second kappa shape index (κ2) is 5.65. The van der Waals surface area contributed by atoms with Gasteiger partial charge in [-0.05, 0) is 37.8 Å². The Labute approximate surface area is 104 Å². The standard InChI is InChI=1S/C15H22O2/c1-11-7-8-14(12(2)9-11)15(16)10-17-13-5-3-4-6-13/h7-9,13,15-16H,3-6,10H2,1-2H3. The second-order valence-corrected chi connectivity index (χ2v) is 5.12. The zero-order valence-corrected chi connectivity index (χ0v) is 10.8. The zero-order chi connectivity index (χ0) is 12.3. The van der Waals surface area contributed by atoms with Gasteiger partial charge in [-0.3, -0.25) is 0 Å². The molecule has 2 nitrogen and oxygen atoms in total. The van der Waals surface area contributed by atoms with Crippen LogP contribution in [0.15, 0.2) is 18.2 Å². The van der Waals surface area contributed by atoms with E-state index in [0.29, 0.717) is 12.7 Å². The molecule has 1 atom stereocenters. The van der Waals surface area contributed by atoms with Crippen molar-refractivity contribution in [3.63, 3.8) is 0 Å². The Kier molecular flexibility index (Phi) is 4.19. The van der Waals surface area contributed by atoms with Crippen molar-refractivity contribution >= 4 is 0 Å². The van der Waals surface area contributed by atoms with Crippen molar-refractivity contribution < 1.29 is 9.84 Å². The van der Waals surface area contributed by atoms with Crippen LogP contribution < -0.4 is 0 Å². The minimum Gasteiger partial charge on any atom is -0.386 e. The van der Waals surface area contributed by atoms with Gasteiger partial charge < -0.3 is 9.84 Å². The molecule has 1 N–H and O–H groups in total. The van der Waals surface area contributed by atoms with E-state index in [2.05, 4.69) is 13.0 Å². The molecule has 0 heterocycles. The van der Waals surface area contributed by atoms with Crippen LogP contribution in [0.25, 0.3) is 0 Å². The molecule has 0 radical (unpaired) electrons. The Morgan fingerprint density at radius 2 is 2.00 bits per heavy atom. The van der Waals surface area contributed by atoms with Crippen molar-refractivity contribution in [3.05, 3.63) is 34.9 Å². The average Bonchev–Trinajstić information content (AvgIpc) is 2.78. The van der Waals surface area contributed by atoms with Crippen LogP contribution in [0, 0.1) is 13.8 Å². The van der Waals surface area contributed by atoms with Gasteiger partial charge in [0.2, 0.25) is 0 Å². The van der Waals surface area contributed by atoms with Crippen molar-refractivity contribution in [2.24, 2.45) is 0 Å². The SMILES string of the molecule is Cc1ccc(C(O)COC2CCCC2)c(C)c1. The molecule has 0 saturated heterocycles. The maximum atomic E-state index is 10.1. The number of aryl methyl sites for hydroxylation is 2. The van der Waals surface area contributed by atoms with Crippen LogP contribution in [0.3, 0.4) is 0 Å². The molecule has 0 amide bonds. The van der Waals surface area contributed by atoms with E-state index in [1.165, 1.54) is 18.4 Å². The van der Waals surface area contributed by atoms with Gasteiger partial charge in [0, 0.05) is 0 Å². The number of hydrogen-bond donors (Lipinski definition) is 1. The van der Waals surface area contributed by atoms with Gasteiger partial charge >= 0.3 is 0 Å². The number of ether oxygens (including phenoxy) is 1. The van der Waals surface area contributed by atoms with Crippen molar-refractivity contribution in [2.45, 2.75) is 51.7 Å². The average molecular weight is 234 g/mol. The summed E-state index contributed by atoms with van der Waals surface area (Å²) in [5, 5.41) is 10.1. The molecule has 0 aliphatic heterocycles. The van der Waals surface area contributed by atoms with E-state index in [9.17, 15) is 5.11 Å². The second-order valence-electron chi connectivity index (χ2n) is 5.12. The van der Waals surface area contributed by atoms with E-state index < -0.39 is 6.10 Å². The minimum atomic E-state index is -0.490. The lowest BCUT2D eigenvalue weighted by Crippen LogP contribution is -2.15. The Hall–Kier alpha value is -0.860. The summed E-state index contributed by atoms with van der Waals surface area (Å²) in [6.07, 6.45) is 4.72. The third-order valence-corrected chi connectivity index (χ3v) is 3.58. The predicted molar refractivity (Wildman–Crippen MR) is 69.1 cm³/mol. The van der Waals surface area contributed by atoms with Crippen LogP contribution in [-0.4, -0.2) is 17.8 Å². The summed E-state index contributed by atoms with van der Waals surface area (Å²) in [5.41, 5.74) is 3.37. The molecule has 1 fully saturated rings. The summed E-state index contributed by atoms with van der Waals surface area (Å²) in [7, 11) is 0. The largest absolute Gasteiger partial charge is 0.386 e. The van der Waals surface area contributed by atoms with E-state index in [1.54, 1.807) is 0 Å². The van der Waals surface area contributed by atoms with Crippen molar-refractivity contribution in [2.75, 3.05) is 6.61 Å². The molecule has 1 aliphatic carbocycles. The van der Waals surface area contributed by atoms with E-state index in [-0.39, 0.29) is 0 Å². The molecule has 17 heavy (non-hydrogen) atoms. The van der Waals surface area contributed by atoms with Gasteiger partial charge in [-0.25, -0.2) is 0 Å². The molecular weight excluding hydrogens is 212 g/mol. The predicted octanol–water partition coefficient (Wildman–Crippen LogP) is 3.30. The number of benzene rings is 1. The highest BCUT2D eigenvalue weighted by Gasteiger charge is 2.18. The molecule has 0 spiro atoms. The molecule has 1 aromatic carbocycles. The first kappa shape index (κ1) is 12.6. The highest BCUT2D eigenvalue weighted by Crippen LogP contribution is 2.24.